The maximum atomic E-state index is 11.1. The van der Waals surface area contributed by atoms with Crippen LogP contribution < -0.4 is 0 Å². The van der Waals surface area contributed by atoms with E-state index in [-0.39, 0.29) is 10.9 Å². The Labute approximate surface area is 127 Å². The zero-order valence-corrected chi connectivity index (χ0v) is 13.1. The van der Waals surface area contributed by atoms with Gasteiger partial charge in [0.05, 0.1) is 15.3 Å². The van der Waals surface area contributed by atoms with Gasteiger partial charge in [0.15, 0.2) is 0 Å². The van der Waals surface area contributed by atoms with Crippen molar-refractivity contribution in [2.24, 2.45) is 0 Å². The van der Waals surface area contributed by atoms with Crippen molar-refractivity contribution in [2.45, 2.75) is 17.1 Å². The van der Waals surface area contributed by atoms with Gasteiger partial charge in [-0.15, -0.1) is 23.4 Å². The van der Waals surface area contributed by atoms with Crippen molar-refractivity contribution < 1.29 is 4.92 Å². The number of halogens is 2. The summed E-state index contributed by atoms with van der Waals surface area (Å²) in [4.78, 5) is 15.5. The van der Waals surface area contributed by atoms with E-state index >= 15 is 0 Å². The van der Waals surface area contributed by atoms with Gasteiger partial charge in [-0.2, -0.15) is 0 Å². The van der Waals surface area contributed by atoms with Crippen molar-refractivity contribution in [2.75, 3.05) is 5.88 Å². The fraction of sp³-hybridized carbons (Fsp3) is 0.250. The van der Waals surface area contributed by atoms with Crippen molar-refractivity contribution in [3.8, 4) is 0 Å². The highest BCUT2D eigenvalue weighted by Crippen LogP contribution is 2.38. The van der Waals surface area contributed by atoms with E-state index in [1.54, 1.807) is 0 Å². The normalized spacial score (nSPS) is 12.6. The molecule has 2 rings (SSSR count). The fourth-order valence-corrected chi connectivity index (χ4v) is 3.17. The first kappa shape index (κ1) is 14.6. The van der Waals surface area contributed by atoms with Crippen LogP contribution in [0.2, 0.25) is 0 Å². The van der Waals surface area contributed by atoms with Gasteiger partial charge in [-0.1, -0.05) is 22.9 Å². The number of fused-ring (bicyclic) bond motifs is 1. The van der Waals surface area contributed by atoms with Crippen molar-refractivity contribution in [3.63, 3.8) is 0 Å². The maximum Gasteiger partial charge on any atom is 0.301 e. The molecule has 0 N–H and O–H groups in total. The van der Waals surface area contributed by atoms with Gasteiger partial charge < -0.3 is 0 Å². The molecule has 0 saturated carbocycles. The summed E-state index contributed by atoms with van der Waals surface area (Å²) in [6.45, 7) is 1.94. The van der Waals surface area contributed by atoms with E-state index in [0.29, 0.717) is 10.8 Å². The number of thioether (sulfide) groups is 1. The van der Waals surface area contributed by atoms with Crippen LogP contribution in [0.4, 0.5) is 5.69 Å². The Morgan fingerprint density at radius 3 is 2.95 bits per heavy atom. The molecule has 2 aromatic rings. The monoisotopic (exact) mass is 360 g/mol. The topological polar surface area (TPSA) is 56.0 Å². The molecule has 19 heavy (non-hydrogen) atoms. The molecule has 0 amide bonds. The number of nitrogens with zero attached hydrogens (tertiary/aromatic N) is 2. The number of hydrogen-bond donors (Lipinski definition) is 0. The predicted molar refractivity (Wildman–Crippen MR) is 82.1 cm³/mol. The Bertz CT molecular complexity index is 638. The van der Waals surface area contributed by atoms with Gasteiger partial charge in [-0.05, 0) is 18.2 Å². The molecular weight excluding hydrogens is 352 g/mol. The number of nitro groups is 1. The van der Waals surface area contributed by atoms with E-state index < -0.39 is 4.92 Å². The lowest BCUT2D eigenvalue weighted by atomic mass is 10.2. The lowest BCUT2D eigenvalue weighted by molar-refractivity contribution is -0.387. The van der Waals surface area contributed by atoms with E-state index in [2.05, 4.69) is 20.9 Å². The SMILES string of the molecule is CC(CCl)Sc1c([N+](=O)[O-])cnc2ccc(Br)cc12. The smallest absolute Gasteiger partial charge is 0.258 e. The van der Waals surface area contributed by atoms with E-state index in [9.17, 15) is 10.1 Å². The molecule has 1 unspecified atom stereocenters. The quantitative estimate of drug-likeness (QED) is 0.345. The van der Waals surface area contributed by atoms with E-state index in [1.165, 1.54) is 18.0 Å². The summed E-state index contributed by atoms with van der Waals surface area (Å²) in [7, 11) is 0. The number of hydrogen-bond acceptors (Lipinski definition) is 4. The third kappa shape index (κ3) is 3.19. The summed E-state index contributed by atoms with van der Waals surface area (Å²) in [5.41, 5.74) is 0.755. The number of benzene rings is 1. The van der Waals surface area contributed by atoms with Gasteiger partial charge in [-0.3, -0.25) is 10.1 Å². The third-order valence-corrected chi connectivity index (χ3v) is 4.87. The molecular formula is C12H10BrClN2O2S. The zero-order chi connectivity index (χ0) is 14.0. The molecule has 0 bridgehead atoms. The maximum absolute atomic E-state index is 11.1. The Kier molecular flexibility index (Phi) is 4.65. The summed E-state index contributed by atoms with van der Waals surface area (Å²) < 4.78 is 0.864. The molecule has 0 aliphatic carbocycles. The van der Waals surface area contributed by atoms with Crippen LogP contribution in [0.1, 0.15) is 6.92 Å². The van der Waals surface area contributed by atoms with Crippen LogP contribution in [-0.2, 0) is 0 Å². The highest BCUT2D eigenvalue weighted by atomic mass is 79.9. The molecule has 1 heterocycles. The molecule has 4 nitrogen and oxygen atoms in total. The minimum absolute atomic E-state index is 0.0209. The zero-order valence-electron chi connectivity index (χ0n) is 9.97. The van der Waals surface area contributed by atoms with Gasteiger partial charge in [0.2, 0.25) is 0 Å². The number of aromatic nitrogens is 1. The lowest BCUT2D eigenvalue weighted by Gasteiger charge is -2.10. The molecule has 1 aromatic carbocycles. The van der Waals surface area contributed by atoms with E-state index in [4.69, 9.17) is 11.6 Å². The Morgan fingerprint density at radius 2 is 2.32 bits per heavy atom. The number of pyridine rings is 1. The minimum Gasteiger partial charge on any atom is -0.258 e. The molecule has 1 aromatic heterocycles. The molecule has 1 atom stereocenters. The number of alkyl halides is 1. The standard InChI is InChI=1S/C12H10BrClN2O2S/c1-7(5-14)19-12-9-4-8(13)2-3-10(9)15-6-11(12)16(17)18/h2-4,6-7H,5H2,1H3. The second-order valence-corrected chi connectivity index (χ2v) is 6.65. The molecule has 0 spiro atoms. The van der Waals surface area contributed by atoms with Crippen LogP contribution in [0.25, 0.3) is 10.9 Å². The van der Waals surface area contributed by atoms with Crippen molar-refractivity contribution in [1.29, 1.82) is 0 Å². The van der Waals surface area contributed by atoms with Crippen molar-refractivity contribution >= 4 is 55.9 Å². The molecule has 0 saturated heterocycles. The van der Waals surface area contributed by atoms with E-state index in [0.717, 1.165) is 15.4 Å². The summed E-state index contributed by atoms with van der Waals surface area (Å²) in [5, 5.41) is 12.0. The van der Waals surface area contributed by atoms with Crippen LogP contribution in [-0.4, -0.2) is 21.0 Å². The molecule has 0 fully saturated rings. The van der Waals surface area contributed by atoms with Gasteiger partial charge in [-0.25, -0.2) is 4.98 Å². The van der Waals surface area contributed by atoms with E-state index in [1.807, 2.05) is 25.1 Å². The molecule has 100 valence electrons. The molecule has 0 radical (unpaired) electrons. The fourth-order valence-electron chi connectivity index (χ4n) is 1.62. The van der Waals surface area contributed by atoms with Crippen LogP contribution in [0, 0.1) is 10.1 Å². The minimum atomic E-state index is -0.406. The largest absolute Gasteiger partial charge is 0.301 e. The first-order valence-corrected chi connectivity index (χ1v) is 7.69. The Morgan fingerprint density at radius 1 is 1.58 bits per heavy atom. The Balaban J connectivity index is 2.67. The van der Waals surface area contributed by atoms with Crippen LogP contribution >= 0.6 is 39.3 Å². The first-order chi connectivity index (χ1) is 9.02. The average molecular weight is 362 g/mol. The summed E-state index contributed by atoms with van der Waals surface area (Å²) >= 11 is 10.6. The lowest BCUT2D eigenvalue weighted by Crippen LogP contribution is -2.00. The van der Waals surface area contributed by atoms with Crippen LogP contribution in [0.3, 0.4) is 0 Å². The second kappa shape index (κ2) is 6.07. The van der Waals surface area contributed by atoms with Gasteiger partial charge >= 0.3 is 5.69 Å². The average Bonchev–Trinajstić information content (AvgIpc) is 2.38. The van der Waals surface area contributed by atoms with Crippen molar-refractivity contribution in [1.82, 2.24) is 4.98 Å². The highest BCUT2D eigenvalue weighted by Gasteiger charge is 2.20. The predicted octanol–water partition coefficient (Wildman–Crippen LogP) is 4.62. The highest BCUT2D eigenvalue weighted by molar-refractivity contribution is 9.10. The van der Waals surface area contributed by atoms with Gasteiger partial charge in [0.25, 0.3) is 0 Å². The number of rotatable bonds is 4. The van der Waals surface area contributed by atoms with Gasteiger partial charge in [0, 0.05) is 21.0 Å². The summed E-state index contributed by atoms with van der Waals surface area (Å²) in [6, 6.07) is 5.54. The first-order valence-electron chi connectivity index (χ1n) is 5.48. The molecule has 0 aliphatic heterocycles. The van der Waals surface area contributed by atoms with Crippen molar-refractivity contribution in [3.05, 3.63) is 39.0 Å². The Hall–Kier alpha value is -0.850. The van der Waals surface area contributed by atoms with Crippen LogP contribution in [0.15, 0.2) is 33.8 Å². The summed E-state index contributed by atoms with van der Waals surface area (Å²) in [6.07, 6.45) is 1.31. The summed E-state index contributed by atoms with van der Waals surface area (Å²) in [5.74, 6) is 0.430. The molecule has 7 heteroatoms. The van der Waals surface area contributed by atoms with Crippen LogP contribution in [0.5, 0.6) is 0 Å². The molecule has 0 aliphatic rings. The van der Waals surface area contributed by atoms with Gasteiger partial charge in [0.1, 0.15) is 6.20 Å². The second-order valence-electron chi connectivity index (χ2n) is 3.97. The third-order valence-electron chi connectivity index (χ3n) is 2.49.